The first-order valence-electron chi connectivity index (χ1n) is 9.24. The van der Waals surface area contributed by atoms with Crippen LogP contribution in [0.2, 0.25) is 0 Å². The van der Waals surface area contributed by atoms with E-state index < -0.39 is 0 Å². The van der Waals surface area contributed by atoms with Crippen LogP contribution in [0.25, 0.3) is 20.9 Å². The minimum Gasteiger partial charge on any atom is -0.497 e. The number of anilines is 2. The molecule has 1 amide bonds. The molecule has 0 aliphatic carbocycles. The van der Waals surface area contributed by atoms with Crippen molar-refractivity contribution in [3.05, 3.63) is 42.6 Å². The molecular formula is C20H20N6O2S2. The van der Waals surface area contributed by atoms with Crippen LogP contribution < -0.4 is 15.8 Å². The highest BCUT2D eigenvalue weighted by Crippen LogP contribution is 2.39. The van der Waals surface area contributed by atoms with E-state index in [9.17, 15) is 4.79 Å². The molecule has 0 bridgehead atoms. The Morgan fingerprint density at radius 1 is 1.27 bits per heavy atom. The van der Waals surface area contributed by atoms with E-state index in [0.717, 1.165) is 20.8 Å². The summed E-state index contributed by atoms with van der Waals surface area (Å²) in [5, 5.41) is 13.1. The standard InChI is InChI=1S/C20H20N6O2S2/c1-3-26-18(17-16(21)14-5-4-10-22-19(14)30-17)24-25-20(26)29-11-15(27)23-12-6-8-13(28-2)9-7-12/h4-10H,3,11,21H2,1-2H3,(H,23,27). The number of rotatable bonds is 7. The van der Waals surface area contributed by atoms with Crippen LogP contribution in [0.3, 0.4) is 0 Å². The van der Waals surface area contributed by atoms with Gasteiger partial charge < -0.3 is 20.4 Å². The molecule has 0 aliphatic rings. The highest BCUT2D eigenvalue weighted by molar-refractivity contribution is 7.99. The molecule has 0 saturated heterocycles. The summed E-state index contributed by atoms with van der Waals surface area (Å²) in [4.78, 5) is 18.4. The molecule has 1 aromatic carbocycles. The number of ether oxygens (including phenoxy) is 1. The molecule has 3 N–H and O–H groups in total. The van der Waals surface area contributed by atoms with Crippen molar-refractivity contribution in [2.45, 2.75) is 18.6 Å². The molecule has 0 fully saturated rings. The molecule has 8 nitrogen and oxygen atoms in total. The molecule has 10 heteroatoms. The Morgan fingerprint density at radius 3 is 2.77 bits per heavy atom. The van der Waals surface area contributed by atoms with Crippen LogP contribution in [0.5, 0.6) is 5.75 Å². The lowest BCUT2D eigenvalue weighted by atomic mass is 10.2. The van der Waals surface area contributed by atoms with E-state index >= 15 is 0 Å². The highest BCUT2D eigenvalue weighted by atomic mass is 32.2. The minimum atomic E-state index is -0.122. The minimum absolute atomic E-state index is 0.122. The Labute approximate surface area is 181 Å². The predicted molar refractivity (Wildman–Crippen MR) is 121 cm³/mol. The van der Waals surface area contributed by atoms with E-state index in [-0.39, 0.29) is 11.7 Å². The van der Waals surface area contributed by atoms with Gasteiger partial charge in [-0.3, -0.25) is 4.79 Å². The number of amides is 1. The Bertz CT molecular complexity index is 1190. The highest BCUT2D eigenvalue weighted by Gasteiger charge is 2.20. The van der Waals surface area contributed by atoms with E-state index in [1.54, 1.807) is 37.6 Å². The number of carbonyl (C=O) groups excluding carboxylic acids is 1. The van der Waals surface area contributed by atoms with Gasteiger partial charge in [-0.2, -0.15) is 0 Å². The normalized spacial score (nSPS) is 11.0. The van der Waals surface area contributed by atoms with E-state index in [4.69, 9.17) is 10.5 Å². The van der Waals surface area contributed by atoms with Gasteiger partial charge in [0.1, 0.15) is 10.6 Å². The number of benzene rings is 1. The number of aromatic nitrogens is 4. The fourth-order valence-electron chi connectivity index (χ4n) is 2.97. The number of fused-ring (bicyclic) bond motifs is 1. The summed E-state index contributed by atoms with van der Waals surface area (Å²) >= 11 is 2.83. The van der Waals surface area contributed by atoms with Crippen molar-refractivity contribution in [1.82, 2.24) is 19.7 Å². The van der Waals surface area contributed by atoms with Crippen LogP contribution in [0.4, 0.5) is 11.4 Å². The zero-order chi connectivity index (χ0) is 21.1. The largest absolute Gasteiger partial charge is 0.497 e. The Kier molecular flexibility index (Phi) is 5.86. The lowest BCUT2D eigenvalue weighted by molar-refractivity contribution is -0.113. The molecule has 0 aliphatic heterocycles. The number of thiophene rings is 1. The predicted octanol–water partition coefficient (Wildman–Crippen LogP) is 3.90. The SMILES string of the molecule is CCn1c(SCC(=O)Nc2ccc(OC)cc2)nnc1-c1sc2ncccc2c1N. The molecule has 3 heterocycles. The first kappa shape index (κ1) is 20.2. The van der Waals surface area contributed by atoms with Crippen molar-refractivity contribution >= 4 is 50.6 Å². The summed E-state index contributed by atoms with van der Waals surface area (Å²) in [6.07, 6.45) is 1.75. The average Bonchev–Trinajstić information content (AvgIpc) is 3.33. The van der Waals surface area contributed by atoms with Gasteiger partial charge in [0.15, 0.2) is 11.0 Å². The number of pyridine rings is 1. The topological polar surface area (TPSA) is 108 Å². The van der Waals surface area contributed by atoms with Gasteiger partial charge in [-0.1, -0.05) is 11.8 Å². The second-order valence-corrected chi connectivity index (χ2v) is 8.26. The van der Waals surface area contributed by atoms with E-state index in [1.165, 1.54) is 23.1 Å². The van der Waals surface area contributed by atoms with Crippen LogP contribution in [-0.2, 0) is 11.3 Å². The summed E-state index contributed by atoms with van der Waals surface area (Å²) in [5.41, 5.74) is 7.71. The number of hydrogen-bond donors (Lipinski definition) is 2. The zero-order valence-corrected chi connectivity index (χ0v) is 18.1. The average molecular weight is 441 g/mol. The van der Waals surface area contributed by atoms with Gasteiger partial charge in [0.05, 0.1) is 23.4 Å². The molecule has 0 unspecified atom stereocenters. The Balaban J connectivity index is 1.49. The lowest BCUT2D eigenvalue weighted by Crippen LogP contribution is -2.14. The summed E-state index contributed by atoms with van der Waals surface area (Å²) in [6.45, 7) is 2.67. The maximum Gasteiger partial charge on any atom is 0.234 e. The summed E-state index contributed by atoms with van der Waals surface area (Å²) < 4.78 is 7.09. The number of thioether (sulfide) groups is 1. The fraction of sp³-hybridized carbons (Fsp3) is 0.200. The van der Waals surface area contributed by atoms with Crippen LogP contribution in [0.15, 0.2) is 47.8 Å². The van der Waals surface area contributed by atoms with Gasteiger partial charge in [0.25, 0.3) is 0 Å². The number of nitrogens with one attached hydrogen (secondary N) is 1. The summed E-state index contributed by atoms with van der Waals surface area (Å²) in [5.74, 6) is 1.52. The summed E-state index contributed by atoms with van der Waals surface area (Å²) in [6, 6.07) is 11.0. The Hall–Kier alpha value is -3.11. The number of carbonyl (C=O) groups is 1. The van der Waals surface area contributed by atoms with Crippen molar-refractivity contribution < 1.29 is 9.53 Å². The number of nitrogens with two attached hydrogens (primary N) is 1. The fourth-order valence-corrected chi connectivity index (χ4v) is 4.83. The molecule has 0 atom stereocenters. The van der Waals surface area contributed by atoms with Crippen molar-refractivity contribution in [1.29, 1.82) is 0 Å². The molecule has 0 saturated carbocycles. The Morgan fingerprint density at radius 2 is 2.07 bits per heavy atom. The number of nitrogen functional groups attached to an aromatic ring is 1. The first-order chi connectivity index (χ1) is 14.6. The molecule has 30 heavy (non-hydrogen) atoms. The number of methoxy groups -OCH3 is 1. The smallest absolute Gasteiger partial charge is 0.234 e. The van der Waals surface area contributed by atoms with Crippen LogP contribution >= 0.6 is 23.1 Å². The maximum atomic E-state index is 12.3. The monoisotopic (exact) mass is 440 g/mol. The maximum absolute atomic E-state index is 12.3. The van der Waals surface area contributed by atoms with Gasteiger partial charge in [-0.25, -0.2) is 4.98 Å². The second kappa shape index (κ2) is 8.72. The molecule has 0 radical (unpaired) electrons. The third kappa shape index (κ3) is 3.96. The van der Waals surface area contributed by atoms with Crippen molar-refractivity contribution in [2.75, 3.05) is 23.9 Å². The molecular weight excluding hydrogens is 420 g/mol. The van der Waals surface area contributed by atoms with Crippen molar-refractivity contribution in [2.24, 2.45) is 0 Å². The van der Waals surface area contributed by atoms with Crippen LogP contribution in [-0.4, -0.2) is 38.5 Å². The first-order valence-corrected chi connectivity index (χ1v) is 11.0. The molecule has 3 aromatic heterocycles. The zero-order valence-electron chi connectivity index (χ0n) is 16.5. The molecule has 4 rings (SSSR count). The molecule has 154 valence electrons. The van der Waals surface area contributed by atoms with E-state index in [1.807, 2.05) is 23.6 Å². The molecule has 0 spiro atoms. The van der Waals surface area contributed by atoms with Crippen LogP contribution in [0, 0.1) is 0 Å². The van der Waals surface area contributed by atoms with Gasteiger partial charge in [-0.15, -0.1) is 21.5 Å². The van der Waals surface area contributed by atoms with Gasteiger partial charge in [0, 0.05) is 23.8 Å². The molecule has 4 aromatic rings. The number of nitrogens with zero attached hydrogens (tertiary/aromatic N) is 4. The third-order valence-corrected chi connectivity index (χ3v) is 6.54. The number of hydrogen-bond acceptors (Lipinski definition) is 8. The van der Waals surface area contributed by atoms with E-state index in [0.29, 0.717) is 28.9 Å². The van der Waals surface area contributed by atoms with Crippen molar-refractivity contribution in [3.63, 3.8) is 0 Å². The third-order valence-electron chi connectivity index (χ3n) is 4.45. The quantitative estimate of drug-likeness (QED) is 0.420. The lowest BCUT2D eigenvalue weighted by Gasteiger charge is -2.08. The van der Waals surface area contributed by atoms with E-state index in [2.05, 4.69) is 20.5 Å². The summed E-state index contributed by atoms with van der Waals surface area (Å²) in [7, 11) is 1.60. The van der Waals surface area contributed by atoms with Crippen molar-refractivity contribution in [3.8, 4) is 16.5 Å². The van der Waals surface area contributed by atoms with Gasteiger partial charge >= 0.3 is 0 Å². The second-order valence-electron chi connectivity index (χ2n) is 6.32. The van der Waals surface area contributed by atoms with Gasteiger partial charge in [0.2, 0.25) is 5.91 Å². The van der Waals surface area contributed by atoms with Crippen LogP contribution in [0.1, 0.15) is 6.92 Å². The van der Waals surface area contributed by atoms with Gasteiger partial charge in [-0.05, 0) is 43.3 Å².